The van der Waals surface area contributed by atoms with Crippen LogP contribution in [0.1, 0.15) is 101 Å². The van der Waals surface area contributed by atoms with Crippen LogP contribution in [0.4, 0.5) is 0 Å². The lowest BCUT2D eigenvalue weighted by Gasteiger charge is -2.44. The van der Waals surface area contributed by atoms with Crippen molar-refractivity contribution in [3.05, 3.63) is 35.4 Å². The van der Waals surface area contributed by atoms with Crippen molar-refractivity contribution >= 4 is 11.9 Å². The van der Waals surface area contributed by atoms with Crippen LogP contribution in [0, 0.1) is 33.5 Å². The van der Waals surface area contributed by atoms with Gasteiger partial charge in [0.1, 0.15) is 0 Å². The van der Waals surface area contributed by atoms with Crippen molar-refractivity contribution in [1.29, 1.82) is 0 Å². The lowest BCUT2D eigenvalue weighted by Crippen LogP contribution is -2.51. The van der Waals surface area contributed by atoms with Gasteiger partial charge in [-0.05, 0) is 60.5 Å². The first-order valence-electron chi connectivity index (χ1n) is 12.6. The fourth-order valence-corrected chi connectivity index (χ4v) is 7.99. The van der Waals surface area contributed by atoms with Crippen molar-refractivity contribution in [3.8, 4) is 0 Å². The highest BCUT2D eigenvalue weighted by molar-refractivity contribution is 6.03. The Kier molecular flexibility index (Phi) is 4.79. The highest BCUT2D eigenvalue weighted by Gasteiger charge is 2.72. The highest BCUT2D eigenvalue weighted by atomic mass is 16.7. The second-order valence-electron chi connectivity index (χ2n) is 12.9. The molecule has 1 aromatic rings. The molecule has 6 nitrogen and oxygen atoms in total. The van der Waals surface area contributed by atoms with Crippen LogP contribution in [0.15, 0.2) is 24.3 Å². The van der Waals surface area contributed by atoms with Crippen molar-refractivity contribution in [3.63, 3.8) is 0 Å². The summed E-state index contributed by atoms with van der Waals surface area (Å²) >= 11 is 0. The van der Waals surface area contributed by atoms with Crippen LogP contribution >= 0.6 is 0 Å². The van der Waals surface area contributed by atoms with Gasteiger partial charge in [0.2, 0.25) is 11.6 Å². The van der Waals surface area contributed by atoms with Crippen LogP contribution in [0.3, 0.4) is 0 Å². The summed E-state index contributed by atoms with van der Waals surface area (Å²) in [6.45, 7) is 12.5. The monoisotopic (exact) mass is 470 g/mol. The molecule has 4 bridgehead atoms. The van der Waals surface area contributed by atoms with Gasteiger partial charge in [-0.25, -0.2) is 9.59 Å². The molecule has 6 atom stereocenters. The maximum Gasteiger partial charge on any atom is 0.341 e. The van der Waals surface area contributed by atoms with Gasteiger partial charge in [0.15, 0.2) is 0 Å². The molecule has 1 aromatic carbocycles. The molecule has 0 amide bonds. The molecule has 34 heavy (non-hydrogen) atoms. The Labute approximate surface area is 202 Å². The maximum atomic E-state index is 13.3. The number of ether oxygens (including phenoxy) is 2. The Morgan fingerprint density at radius 3 is 1.35 bits per heavy atom. The third-order valence-electron chi connectivity index (χ3n) is 11.5. The van der Waals surface area contributed by atoms with E-state index < -0.39 is 34.3 Å². The van der Waals surface area contributed by atoms with Gasteiger partial charge in [-0.15, -0.1) is 0 Å². The number of fused-ring (bicyclic) bond motifs is 4. The molecule has 0 aromatic heterocycles. The summed E-state index contributed by atoms with van der Waals surface area (Å²) in [5.74, 6) is -4.13. The summed E-state index contributed by atoms with van der Waals surface area (Å²) in [7, 11) is 0. The largest absolute Gasteiger partial charge is 0.429 e. The molecular weight excluding hydrogens is 432 g/mol. The van der Waals surface area contributed by atoms with Gasteiger partial charge >= 0.3 is 11.9 Å². The Balaban J connectivity index is 1.40. The molecule has 4 saturated carbocycles. The van der Waals surface area contributed by atoms with E-state index in [1.807, 2.05) is 13.8 Å². The molecule has 2 N–H and O–H groups in total. The first-order valence-corrected chi connectivity index (χ1v) is 12.6. The molecule has 6 heteroatoms. The quantitative estimate of drug-likeness (QED) is 0.471. The van der Waals surface area contributed by atoms with Crippen LogP contribution in [0.5, 0.6) is 0 Å². The zero-order valence-electron chi connectivity index (χ0n) is 21.2. The topological polar surface area (TPSA) is 93.1 Å². The number of hydrogen-bond donors (Lipinski definition) is 2. The van der Waals surface area contributed by atoms with Crippen molar-refractivity contribution in [1.82, 2.24) is 0 Å². The minimum Gasteiger partial charge on any atom is -0.429 e. The summed E-state index contributed by atoms with van der Waals surface area (Å²) in [5, 5.41) is 22.9. The van der Waals surface area contributed by atoms with Crippen molar-refractivity contribution in [2.45, 2.75) is 91.6 Å². The standard InChI is InChI=1S/C28H38O6/c1-23(2)17-11-13-25(23,5)27(31,15-17)33-21(29)19-9-7-8-10-20(19)22(30)34-28(32)16-18-12-14-26(28,6)24(18,3)4/h7-10,17-18,31-32H,11-16H2,1-6H3. The molecule has 0 heterocycles. The van der Waals surface area contributed by atoms with E-state index in [2.05, 4.69) is 27.7 Å². The number of esters is 2. The third-order valence-corrected chi connectivity index (χ3v) is 11.5. The molecule has 0 saturated heterocycles. The average molecular weight is 471 g/mol. The van der Waals surface area contributed by atoms with E-state index >= 15 is 0 Å². The van der Waals surface area contributed by atoms with Crippen molar-refractivity contribution in [2.75, 3.05) is 0 Å². The first-order chi connectivity index (χ1) is 15.6. The number of carbonyl (C=O) groups excluding carboxylic acids is 2. The van der Waals surface area contributed by atoms with E-state index in [0.717, 1.165) is 25.7 Å². The third kappa shape index (κ3) is 2.70. The van der Waals surface area contributed by atoms with Gasteiger partial charge in [-0.2, -0.15) is 0 Å². The summed E-state index contributed by atoms with van der Waals surface area (Å²) in [5.41, 5.74) is -1.35. The van der Waals surface area contributed by atoms with E-state index in [4.69, 9.17) is 9.47 Å². The Hall–Kier alpha value is -1.92. The molecule has 0 radical (unpaired) electrons. The Bertz CT molecular complexity index is 978. The zero-order valence-corrected chi connectivity index (χ0v) is 21.2. The predicted molar refractivity (Wildman–Crippen MR) is 126 cm³/mol. The van der Waals surface area contributed by atoms with Crippen LogP contribution in [-0.4, -0.2) is 33.7 Å². The van der Waals surface area contributed by atoms with Gasteiger partial charge in [-0.3, -0.25) is 0 Å². The lowest BCUT2D eigenvalue weighted by atomic mass is 9.68. The number of aliphatic hydroxyl groups is 2. The second-order valence-corrected chi connectivity index (χ2v) is 12.9. The number of rotatable bonds is 4. The summed E-state index contributed by atoms with van der Waals surface area (Å²) in [4.78, 5) is 26.6. The summed E-state index contributed by atoms with van der Waals surface area (Å²) in [6.07, 6.45) is 4.34. The molecule has 4 aliphatic rings. The van der Waals surface area contributed by atoms with Gasteiger partial charge in [0.25, 0.3) is 0 Å². The smallest absolute Gasteiger partial charge is 0.341 e. The fraction of sp³-hybridized carbons (Fsp3) is 0.714. The molecular formula is C28H38O6. The normalized spacial score (nSPS) is 43.2. The molecule has 4 fully saturated rings. The number of carbonyl (C=O) groups is 2. The van der Waals surface area contributed by atoms with Crippen LogP contribution in [0.2, 0.25) is 0 Å². The number of hydrogen-bond acceptors (Lipinski definition) is 6. The summed E-state index contributed by atoms with van der Waals surface area (Å²) < 4.78 is 11.6. The van der Waals surface area contributed by atoms with Gasteiger partial charge < -0.3 is 19.7 Å². The van der Waals surface area contributed by atoms with E-state index in [-0.39, 0.29) is 33.8 Å². The van der Waals surface area contributed by atoms with E-state index in [9.17, 15) is 19.8 Å². The predicted octanol–water partition coefficient (Wildman–Crippen LogP) is 5.07. The van der Waals surface area contributed by atoms with Crippen molar-refractivity contribution < 1.29 is 29.3 Å². The van der Waals surface area contributed by atoms with Crippen LogP contribution in [-0.2, 0) is 9.47 Å². The SMILES string of the molecule is CC1(C)C2CCC1(C)C(O)(OC(=O)c1ccccc1C(=O)OC1(O)CC3CCC1(C)C3(C)C)C2. The average Bonchev–Trinajstić information content (AvgIpc) is 3.23. The Morgan fingerprint density at radius 2 is 1.09 bits per heavy atom. The van der Waals surface area contributed by atoms with E-state index in [0.29, 0.717) is 12.8 Å². The zero-order chi connectivity index (χ0) is 24.9. The minimum atomic E-state index is -1.59. The number of benzene rings is 1. The maximum absolute atomic E-state index is 13.3. The molecule has 0 aliphatic heterocycles. The first kappa shape index (κ1) is 23.8. The van der Waals surface area contributed by atoms with Crippen LogP contribution in [0.25, 0.3) is 0 Å². The van der Waals surface area contributed by atoms with Gasteiger partial charge in [-0.1, -0.05) is 53.7 Å². The van der Waals surface area contributed by atoms with E-state index in [1.165, 1.54) is 12.1 Å². The second kappa shape index (κ2) is 6.85. The Morgan fingerprint density at radius 1 is 0.735 bits per heavy atom. The fourth-order valence-electron chi connectivity index (χ4n) is 7.99. The highest BCUT2D eigenvalue weighted by Crippen LogP contribution is 2.71. The molecule has 6 unspecified atom stereocenters. The van der Waals surface area contributed by atoms with Crippen molar-refractivity contribution in [2.24, 2.45) is 33.5 Å². The van der Waals surface area contributed by atoms with Gasteiger partial charge in [0, 0.05) is 23.7 Å². The summed E-state index contributed by atoms with van der Waals surface area (Å²) in [6, 6.07) is 6.33. The molecule has 5 rings (SSSR count). The molecule has 4 aliphatic carbocycles. The van der Waals surface area contributed by atoms with Gasteiger partial charge in [0.05, 0.1) is 11.1 Å². The van der Waals surface area contributed by atoms with E-state index in [1.54, 1.807) is 12.1 Å². The minimum absolute atomic E-state index is 0.0428. The molecule has 186 valence electrons. The van der Waals surface area contributed by atoms with Crippen LogP contribution < -0.4 is 0 Å². The molecule has 0 spiro atoms. The lowest BCUT2D eigenvalue weighted by molar-refractivity contribution is -0.242.